The first-order valence-electron chi connectivity index (χ1n) is 3.69. The fraction of sp³-hybridized carbons (Fsp3) is 0.100. The minimum atomic E-state index is 0.644. The third-order valence-corrected chi connectivity index (χ3v) is 1.83. The lowest BCUT2D eigenvalue weighted by molar-refractivity contribution is 1.41. The van der Waals surface area contributed by atoms with Gasteiger partial charge in [0.25, 0.3) is 0 Å². The van der Waals surface area contributed by atoms with E-state index in [-0.39, 0.29) is 0 Å². The molecule has 0 spiro atoms. The first kappa shape index (κ1) is 8.53. The lowest BCUT2D eigenvalue weighted by atomic mass is 10.1. The van der Waals surface area contributed by atoms with E-state index < -0.39 is 0 Å². The van der Waals surface area contributed by atoms with Gasteiger partial charge in [0.05, 0.1) is 11.4 Å². The molecule has 0 aliphatic rings. The molecule has 62 valence electrons. The predicted octanol–water partition coefficient (Wildman–Crippen LogP) is 2.55. The Morgan fingerprint density at radius 3 is 2.58 bits per heavy atom. The Bertz CT molecular complexity index is 294. The number of nitrogens with zero attached hydrogens (tertiary/aromatic N) is 1. The highest BCUT2D eigenvalue weighted by Gasteiger charge is 2.03. The predicted molar refractivity (Wildman–Crippen MR) is 54.9 cm³/mol. The molecule has 0 aliphatic carbocycles. The molecule has 2 nitrogen and oxygen atoms in total. The number of aryl methyl sites for hydroxylation is 1. The van der Waals surface area contributed by atoms with Gasteiger partial charge in [-0.15, -0.1) is 0 Å². The van der Waals surface area contributed by atoms with Crippen LogP contribution >= 0.6 is 0 Å². The van der Waals surface area contributed by atoms with Crippen molar-refractivity contribution < 1.29 is 0 Å². The van der Waals surface area contributed by atoms with Gasteiger partial charge in [0, 0.05) is 5.56 Å². The van der Waals surface area contributed by atoms with E-state index in [1.807, 2.05) is 19.1 Å². The smallest absolute Gasteiger partial charge is 0.0926 e. The Kier molecular flexibility index (Phi) is 2.29. The zero-order chi connectivity index (χ0) is 9.14. The molecular formula is C10H12N2. The molecule has 0 unspecified atom stereocenters. The molecule has 0 heterocycles. The van der Waals surface area contributed by atoms with Crippen LogP contribution in [0.15, 0.2) is 23.7 Å². The molecule has 12 heavy (non-hydrogen) atoms. The van der Waals surface area contributed by atoms with Crippen LogP contribution in [-0.4, -0.2) is 6.72 Å². The summed E-state index contributed by atoms with van der Waals surface area (Å²) in [7, 11) is 0. The van der Waals surface area contributed by atoms with Crippen LogP contribution in [0.1, 0.15) is 11.1 Å². The van der Waals surface area contributed by atoms with E-state index in [9.17, 15) is 0 Å². The van der Waals surface area contributed by atoms with Gasteiger partial charge >= 0.3 is 0 Å². The summed E-state index contributed by atoms with van der Waals surface area (Å²) in [6.45, 7) is 9.15. The number of anilines is 1. The third kappa shape index (κ3) is 1.23. The monoisotopic (exact) mass is 160 g/mol. The molecule has 1 aromatic rings. The van der Waals surface area contributed by atoms with Crippen molar-refractivity contribution in [3.8, 4) is 0 Å². The van der Waals surface area contributed by atoms with Crippen molar-refractivity contribution in [2.45, 2.75) is 6.92 Å². The Balaban J connectivity index is 3.48. The largest absolute Gasteiger partial charge is 0.397 e. The average molecular weight is 160 g/mol. The number of hydrogen-bond acceptors (Lipinski definition) is 2. The molecule has 0 atom stereocenters. The van der Waals surface area contributed by atoms with Crippen LogP contribution in [0.2, 0.25) is 0 Å². The van der Waals surface area contributed by atoms with Crippen LogP contribution in [0, 0.1) is 6.92 Å². The molecule has 0 aliphatic heterocycles. The van der Waals surface area contributed by atoms with Gasteiger partial charge in [-0.25, -0.2) is 0 Å². The highest BCUT2D eigenvalue weighted by atomic mass is 14.8. The van der Waals surface area contributed by atoms with Crippen molar-refractivity contribution in [3.63, 3.8) is 0 Å². The van der Waals surface area contributed by atoms with Gasteiger partial charge in [-0.1, -0.05) is 18.7 Å². The summed E-state index contributed by atoms with van der Waals surface area (Å²) in [5, 5.41) is 0. The highest BCUT2D eigenvalue weighted by molar-refractivity contribution is 5.78. The van der Waals surface area contributed by atoms with Gasteiger partial charge in [-0.3, -0.25) is 4.99 Å². The molecule has 2 N–H and O–H groups in total. The second-order valence-corrected chi connectivity index (χ2v) is 2.60. The van der Waals surface area contributed by atoms with Crippen LogP contribution in [0.5, 0.6) is 0 Å². The number of rotatable bonds is 2. The van der Waals surface area contributed by atoms with E-state index in [2.05, 4.69) is 18.3 Å². The topological polar surface area (TPSA) is 38.4 Å². The van der Waals surface area contributed by atoms with Gasteiger partial charge in [0.1, 0.15) is 0 Å². The summed E-state index contributed by atoms with van der Waals surface area (Å²) < 4.78 is 0. The van der Waals surface area contributed by atoms with Gasteiger partial charge in [0.15, 0.2) is 0 Å². The molecule has 0 aromatic heterocycles. The minimum absolute atomic E-state index is 0.644. The summed E-state index contributed by atoms with van der Waals surface area (Å²) in [4.78, 5) is 3.86. The number of benzene rings is 1. The van der Waals surface area contributed by atoms with Crippen molar-refractivity contribution >= 4 is 24.2 Å². The van der Waals surface area contributed by atoms with Crippen LogP contribution in [0.4, 0.5) is 11.4 Å². The van der Waals surface area contributed by atoms with Crippen molar-refractivity contribution in [2.75, 3.05) is 5.73 Å². The second-order valence-electron chi connectivity index (χ2n) is 2.60. The molecule has 1 rings (SSSR count). The second kappa shape index (κ2) is 3.22. The average Bonchev–Trinajstić information content (AvgIpc) is 2.08. The van der Waals surface area contributed by atoms with Crippen molar-refractivity contribution in [1.82, 2.24) is 0 Å². The lowest BCUT2D eigenvalue weighted by Crippen LogP contribution is -1.89. The van der Waals surface area contributed by atoms with E-state index in [0.29, 0.717) is 5.69 Å². The van der Waals surface area contributed by atoms with Gasteiger partial charge in [-0.05, 0) is 25.3 Å². The Labute approximate surface area is 72.4 Å². The molecule has 0 fully saturated rings. The minimum Gasteiger partial charge on any atom is -0.397 e. The van der Waals surface area contributed by atoms with Crippen LogP contribution < -0.4 is 5.73 Å². The summed E-state index contributed by atoms with van der Waals surface area (Å²) in [5.74, 6) is 0. The van der Waals surface area contributed by atoms with Gasteiger partial charge in [-0.2, -0.15) is 0 Å². The number of aliphatic imine (C=N–C) groups is 1. The zero-order valence-corrected chi connectivity index (χ0v) is 7.17. The Morgan fingerprint density at radius 2 is 2.17 bits per heavy atom. The normalized spacial score (nSPS) is 9.42. The van der Waals surface area contributed by atoms with Crippen molar-refractivity contribution in [2.24, 2.45) is 4.99 Å². The molecule has 1 aromatic carbocycles. The number of nitrogens with two attached hydrogens (primary N) is 1. The molecular weight excluding hydrogens is 148 g/mol. The Hall–Kier alpha value is -1.57. The van der Waals surface area contributed by atoms with E-state index in [4.69, 9.17) is 5.73 Å². The number of hydrogen-bond donors (Lipinski definition) is 1. The molecule has 2 heteroatoms. The Morgan fingerprint density at radius 1 is 1.50 bits per heavy atom. The molecule has 0 bridgehead atoms. The van der Waals surface area contributed by atoms with Crippen molar-refractivity contribution in [3.05, 3.63) is 29.8 Å². The van der Waals surface area contributed by atoms with Crippen molar-refractivity contribution in [1.29, 1.82) is 0 Å². The number of nitrogen functional groups attached to an aromatic ring is 1. The summed E-state index contributed by atoms with van der Waals surface area (Å²) in [6, 6.07) is 3.77. The molecule has 0 saturated heterocycles. The fourth-order valence-corrected chi connectivity index (χ4v) is 1.16. The maximum absolute atomic E-state index is 5.69. The third-order valence-electron chi connectivity index (χ3n) is 1.83. The zero-order valence-electron chi connectivity index (χ0n) is 7.17. The van der Waals surface area contributed by atoms with E-state index in [1.165, 1.54) is 0 Å². The fourth-order valence-electron chi connectivity index (χ4n) is 1.16. The quantitative estimate of drug-likeness (QED) is 0.524. The maximum Gasteiger partial charge on any atom is 0.0926 e. The van der Waals surface area contributed by atoms with E-state index >= 15 is 0 Å². The van der Waals surface area contributed by atoms with Crippen LogP contribution in [0.25, 0.3) is 6.08 Å². The lowest BCUT2D eigenvalue weighted by Gasteiger charge is -2.06. The van der Waals surface area contributed by atoms with E-state index in [1.54, 1.807) is 6.08 Å². The standard InChI is InChI=1S/C10H12N2/c1-4-8-7(2)5-6-9(11)10(8)12-3/h4-6H,1,3,11H2,2H3. The maximum atomic E-state index is 5.69. The molecule has 0 amide bonds. The molecule has 0 radical (unpaired) electrons. The van der Waals surface area contributed by atoms with E-state index in [0.717, 1.165) is 16.8 Å². The summed E-state index contributed by atoms with van der Waals surface area (Å²) in [5.41, 5.74) is 9.14. The first-order valence-corrected chi connectivity index (χ1v) is 3.69. The van der Waals surface area contributed by atoms with Crippen LogP contribution in [-0.2, 0) is 0 Å². The van der Waals surface area contributed by atoms with Gasteiger partial charge in [0.2, 0.25) is 0 Å². The SMILES string of the molecule is C=Cc1c(C)ccc(N)c1N=C. The van der Waals surface area contributed by atoms with Crippen LogP contribution in [0.3, 0.4) is 0 Å². The summed E-state index contributed by atoms with van der Waals surface area (Å²) in [6.07, 6.45) is 1.75. The van der Waals surface area contributed by atoms with Gasteiger partial charge < -0.3 is 5.73 Å². The summed E-state index contributed by atoms with van der Waals surface area (Å²) >= 11 is 0. The highest BCUT2D eigenvalue weighted by Crippen LogP contribution is 2.29. The first-order chi connectivity index (χ1) is 5.70. The molecule has 0 saturated carbocycles.